The second-order valence-corrected chi connectivity index (χ2v) is 5.63. The fraction of sp³-hybridized carbons (Fsp3) is 0.412. The molecule has 0 saturated carbocycles. The summed E-state index contributed by atoms with van der Waals surface area (Å²) in [4.78, 5) is 24.4. The molecule has 2 rings (SSSR count). The van der Waals surface area contributed by atoms with Gasteiger partial charge < -0.3 is 25.2 Å². The molecule has 1 aliphatic rings. The van der Waals surface area contributed by atoms with Crippen molar-refractivity contribution in [1.82, 2.24) is 10.6 Å². The van der Waals surface area contributed by atoms with Crippen LogP contribution >= 0.6 is 0 Å². The van der Waals surface area contributed by atoms with E-state index in [0.29, 0.717) is 23.3 Å². The molecule has 1 heterocycles. The molecular formula is C17H22N2O5. The summed E-state index contributed by atoms with van der Waals surface area (Å²) in [5.41, 5.74) is 1.36. The van der Waals surface area contributed by atoms with Gasteiger partial charge in [0.1, 0.15) is 0 Å². The predicted molar refractivity (Wildman–Crippen MR) is 87.6 cm³/mol. The Morgan fingerprint density at radius 1 is 1.42 bits per heavy atom. The minimum absolute atomic E-state index is 0.0223. The molecule has 0 fully saturated rings. The van der Waals surface area contributed by atoms with E-state index >= 15 is 0 Å². The maximum Gasteiger partial charge on any atom is 0.338 e. The highest BCUT2D eigenvalue weighted by Gasteiger charge is 2.33. The minimum atomic E-state index is -0.690. The average molecular weight is 334 g/mol. The van der Waals surface area contributed by atoms with E-state index in [9.17, 15) is 14.7 Å². The molecule has 0 spiro atoms. The quantitative estimate of drug-likeness (QED) is 0.718. The number of carbonyl (C=O) groups is 2. The Balaban J connectivity index is 2.43. The lowest BCUT2D eigenvalue weighted by Gasteiger charge is -2.29. The Labute approximate surface area is 140 Å². The Hall–Kier alpha value is -2.70. The zero-order valence-corrected chi connectivity index (χ0v) is 14.2. The molecule has 0 saturated heterocycles. The van der Waals surface area contributed by atoms with Crippen molar-refractivity contribution in [3.63, 3.8) is 0 Å². The molecule has 3 N–H and O–H groups in total. The SMILES string of the molecule is CC[C@H](C)OC(=O)C1=C(C)NC(=O)N[C@H]1c1ccc(O)c(OC)c1. The zero-order chi connectivity index (χ0) is 17.9. The van der Waals surface area contributed by atoms with Gasteiger partial charge in [-0.25, -0.2) is 9.59 Å². The highest BCUT2D eigenvalue weighted by atomic mass is 16.5. The standard InChI is InChI=1S/C17H22N2O5/c1-5-9(2)24-16(21)14-10(3)18-17(22)19-15(14)11-6-7-12(20)13(8-11)23-4/h6-9,15,20H,5H2,1-4H3,(H2,18,19,22)/t9-,15-/m0/s1. The van der Waals surface area contributed by atoms with E-state index in [1.165, 1.54) is 13.2 Å². The van der Waals surface area contributed by atoms with Gasteiger partial charge >= 0.3 is 12.0 Å². The van der Waals surface area contributed by atoms with Crippen LogP contribution in [-0.4, -0.2) is 30.3 Å². The Morgan fingerprint density at radius 2 is 2.12 bits per heavy atom. The number of aromatic hydroxyl groups is 1. The molecule has 0 bridgehead atoms. The van der Waals surface area contributed by atoms with Gasteiger partial charge in [-0.3, -0.25) is 0 Å². The van der Waals surface area contributed by atoms with Crippen molar-refractivity contribution in [1.29, 1.82) is 0 Å². The number of phenolic OH excluding ortho intramolecular Hbond substituents is 1. The molecule has 0 aliphatic carbocycles. The normalized spacial score (nSPS) is 18.5. The predicted octanol–water partition coefficient (Wildman–Crippen LogP) is 2.37. The molecule has 7 heteroatoms. The number of hydrogen-bond acceptors (Lipinski definition) is 5. The maximum absolute atomic E-state index is 12.5. The number of methoxy groups -OCH3 is 1. The van der Waals surface area contributed by atoms with E-state index in [0.717, 1.165) is 0 Å². The summed E-state index contributed by atoms with van der Waals surface area (Å²) in [6.07, 6.45) is 0.459. The number of rotatable bonds is 5. The molecule has 0 aromatic heterocycles. The summed E-state index contributed by atoms with van der Waals surface area (Å²) in [6.45, 7) is 5.38. The summed E-state index contributed by atoms with van der Waals surface area (Å²) in [5, 5.41) is 15.0. The second-order valence-electron chi connectivity index (χ2n) is 5.63. The number of esters is 1. The van der Waals surface area contributed by atoms with Crippen LogP contribution in [0.3, 0.4) is 0 Å². The summed E-state index contributed by atoms with van der Waals surface area (Å²) in [7, 11) is 1.43. The first kappa shape index (κ1) is 17.7. The molecule has 1 aromatic rings. The van der Waals surface area contributed by atoms with Crippen molar-refractivity contribution in [2.45, 2.75) is 39.3 Å². The first-order chi connectivity index (χ1) is 11.4. The lowest BCUT2D eigenvalue weighted by molar-refractivity contribution is -0.144. The molecule has 1 aromatic carbocycles. The summed E-state index contributed by atoms with van der Waals surface area (Å²) < 4.78 is 10.5. The van der Waals surface area contributed by atoms with Gasteiger partial charge in [-0.05, 0) is 38.0 Å². The molecular weight excluding hydrogens is 312 g/mol. The number of phenols is 1. The number of carbonyl (C=O) groups excluding carboxylic acids is 2. The van der Waals surface area contributed by atoms with E-state index in [1.54, 1.807) is 26.0 Å². The highest BCUT2D eigenvalue weighted by molar-refractivity contribution is 5.95. The van der Waals surface area contributed by atoms with Gasteiger partial charge in [-0.2, -0.15) is 0 Å². The topological polar surface area (TPSA) is 96.9 Å². The molecule has 2 atom stereocenters. The summed E-state index contributed by atoms with van der Waals surface area (Å²) in [6, 6.07) is 3.55. The smallest absolute Gasteiger partial charge is 0.338 e. The summed E-state index contributed by atoms with van der Waals surface area (Å²) in [5.74, 6) is -0.259. The van der Waals surface area contributed by atoms with Crippen molar-refractivity contribution in [2.24, 2.45) is 0 Å². The minimum Gasteiger partial charge on any atom is -0.504 e. The number of ether oxygens (including phenoxy) is 2. The fourth-order valence-corrected chi connectivity index (χ4v) is 2.42. The Kier molecular flexibility index (Phi) is 5.33. The van der Waals surface area contributed by atoms with Gasteiger partial charge in [-0.15, -0.1) is 0 Å². The van der Waals surface area contributed by atoms with Gasteiger partial charge in [-0.1, -0.05) is 13.0 Å². The maximum atomic E-state index is 12.5. The molecule has 1 aliphatic heterocycles. The third kappa shape index (κ3) is 3.61. The molecule has 130 valence electrons. The number of hydrogen-bond donors (Lipinski definition) is 3. The van der Waals surface area contributed by atoms with E-state index < -0.39 is 18.0 Å². The van der Waals surface area contributed by atoms with Crippen LogP contribution in [0.25, 0.3) is 0 Å². The van der Waals surface area contributed by atoms with Crippen LogP contribution in [0, 0.1) is 0 Å². The zero-order valence-electron chi connectivity index (χ0n) is 14.2. The van der Waals surface area contributed by atoms with Crippen molar-refractivity contribution in [2.75, 3.05) is 7.11 Å². The third-order valence-corrected chi connectivity index (χ3v) is 3.91. The van der Waals surface area contributed by atoms with Crippen LogP contribution in [0.2, 0.25) is 0 Å². The van der Waals surface area contributed by atoms with Crippen LogP contribution in [0.4, 0.5) is 4.79 Å². The van der Waals surface area contributed by atoms with Crippen LogP contribution in [0.1, 0.15) is 38.8 Å². The van der Waals surface area contributed by atoms with Crippen LogP contribution in [-0.2, 0) is 9.53 Å². The number of amides is 2. The van der Waals surface area contributed by atoms with Gasteiger partial charge in [0.25, 0.3) is 0 Å². The molecule has 0 radical (unpaired) electrons. The largest absolute Gasteiger partial charge is 0.504 e. The Morgan fingerprint density at radius 3 is 2.75 bits per heavy atom. The lowest BCUT2D eigenvalue weighted by Crippen LogP contribution is -2.45. The first-order valence-corrected chi connectivity index (χ1v) is 7.73. The first-order valence-electron chi connectivity index (χ1n) is 7.73. The fourth-order valence-electron chi connectivity index (χ4n) is 2.42. The lowest BCUT2D eigenvalue weighted by atomic mass is 9.95. The van der Waals surface area contributed by atoms with E-state index in [2.05, 4.69) is 10.6 Å². The molecule has 0 unspecified atom stereocenters. The average Bonchev–Trinajstić information content (AvgIpc) is 2.54. The molecule has 24 heavy (non-hydrogen) atoms. The second kappa shape index (κ2) is 7.25. The van der Waals surface area contributed by atoms with E-state index in [4.69, 9.17) is 9.47 Å². The van der Waals surface area contributed by atoms with Crippen LogP contribution in [0.5, 0.6) is 11.5 Å². The molecule has 7 nitrogen and oxygen atoms in total. The number of nitrogens with one attached hydrogen (secondary N) is 2. The van der Waals surface area contributed by atoms with Crippen molar-refractivity contribution >= 4 is 12.0 Å². The third-order valence-electron chi connectivity index (χ3n) is 3.91. The van der Waals surface area contributed by atoms with Crippen LogP contribution in [0.15, 0.2) is 29.5 Å². The number of benzene rings is 1. The molecule has 2 amide bonds. The van der Waals surface area contributed by atoms with E-state index in [-0.39, 0.29) is 17.6 Å². The summed E-state index contributed by atoms with van der Waals surface area (Å²) >= 11 is 0. The van der Waals surface area contributed by atoms with Gasteiger partial charge in [0.2, 0.25) is 0 Å². The van der Waals surface area contributed by atoms with Gasteiger partial charge in [0.05, 0.1) is 24.8 Å². The van der Waals surface area contributed by atoms with Gasteiger partial charge in [0, 0.05) is 5.70 Å². The monoisotopic (exact) mass is 334 g/mol. The van der Waals surface area contributed by atoms with Gasteiger partial charge in [0.15, 0.2) is 11.5 Å². The van der Waals surface area contributed by atoms with Crippen molar-refractivity contribution < 1.29 is 24.2 Å². The van der Waals surface area contributed by atoms with Crippen molar-refractivity contribution in [3.8, 4) is 11.5 Å². The van der Waals surface area contributed by atoms with Crippen molar-refractivity contribution in [3.05, 3.63) is 35.0 Å². The number of allylic oxidation sites excluding steroid dienone is 1. The highest BCUT2D eigenvalue weighted by Crippen LogP contribution is 2.33. The Bertz CT molecular complexity index is 684. The van der Waals surface area contributed by atoms with Crippen LogP contribution < -0.4 is 15.4 Å². The number of urea groups is 1. The van der Waals surface area contributed by atoms with E-state index in [1.807, 2.05) is 6.92 Å².